The molecular weight excluding hydrogens is 236 g/mol. The van der Waals surface area contributed by atoms with Crippen molar-refractivity contribution >= 4 is 53.3 Å². The summed E-state index contributed by atoms with van der Waals surface area (Å²) in [5.41, 5.74) is 0. The van der Waals surface area contributed by atoms with Crippen LogP contribution in [0, 0.1) is 0 Å². The second-order valence-electron chi connectivity index (χ2n) is 4.36. The predicted molar refractivity (Wildman–Crippen MR) is 74.3 cm³/mol. The first-order chi connectivity index (χ1) is 7.19. The molecule has 0 N–H and O–H groups in total. The minimum atomic E-state index is -1.42. The first-order valence-electron chi connectivity index (χ1n) is 5.03. The summed E-state index contributed by atoms with van der Waals surface area (Å²) in [6, 6.07) is 4.65. The van der Waals surface area contributed by atoms with Crippen molar-refractivity contribution in [3.63, 3.8) is 0 Å². The molecule has 76 valence electrons. The van der Waals surface area contributed by atoms with Gasteiger partial charge in [0, 0.05) is 9.75 Å². The van der Waals surface area contributed by atoms with Crippen LogP contribution in [-0.2, 0) is 0 Å². The summed E-state index contributed by atoms with van der Waals surface area (Å²) < 4.78 is 0. The van der Waals surface area contributed by atoms with Gasteiger partial charge in [0.1, 0.15) is 8.07 Å². The largest absolute Gasteiger partial charge is 0.145 e. The molecule has 0 saturated carbocycles. The third-order valence-electron chi connectivity index (χ3n) is 3.12. The highest BCUT2D eigenvalue weighted by Crippen LogP contribution is 2.24. The highest BCUT2D eigenvalue weighted by atomic mass is 32.1. The average molecular weight is 248 g/mol. The first-order valence-corrected chi connectivity index (χ1v) is 9.79. The molecule has 0 saturated heterocycles. The Labute approximate surface area is 98.9 Å². The maximum Gasteiger partial charge on any atom is 0.115 e. The second-order valence-corrected chi connectivity index (χ2v) is 10.6. The van der Waals surface area contributed by atoms with Crippen molar-refractivity contribution in [3.05, 3.63) is 32.6 Å². The Balaban J connectivity index is 2.34. The van der Waals surface area contributed by atoms with E-state index < -0.39 is 8.07 Å². The van der Waals surface area contributed by atoms with Crippen molar-refractivity contribution in [2.45, 2.75) is 13.1 Å². The molecule has 3 rings (SSSR count). The molecule has 0 fully saturated rings. The molecule has 0 atom stereocenters. The summed E-state index contributed by atoms with van der Waals surface area (Å²) in [5.74, 6) is 0. The van der Waals surface area contributed by atoms with Crippen LogP contribution in [-0.4, -0.2) is 8.07 Å². The van der Waals surface area contributed by atoms with Crippen molar-refractivity contribution in [3.8, 4) is 0 Å². The fourth-order valence-electron chi connectivity index (χ4n) is 2.23. The lowest BCUT2D eigenvalue weighted by atomic mass is 10.4. The average Bonchev–Trinajstić information content (AvgIpc) is 2.82. The van der Waals surface area contributed by atoms with Crippen LogP contribution < -0.4 is 10.4 Å². The lowest BCUT2D eigenvalue weighted by Gasteiger charge is -2.21. The summed E-state index contributed by atoms with van der Waals surface area (Å²) in [5, 5.41) is 7.64. The van der Waals surface area contributed by atoms with Crippen LogP contribution in [0.3, 0.4) is 0 Å². The third-order valence-corrected chi connectivity index (χ3v) is 8.82. The van der Waals surface area contributed by atoms with Crippen LogP contribution in [0.15, 0.2) is 22.9 Å². The van der Waals surface area contributed by atoms with E-state index in [0.717, 1.165) is 0 Å². The Hall–Kier alpha value is -0.643. The van der Waals surface area contributed by atoms with Crippen molar-refractivity contribution in [2.24, 2.45) is 0 Å². The van der Waals surface area contributed by atoms with Crippen LogP contribution in [0.4, 0.5) is 0 Å². The molecule has 0 spiro atoms. The molecule has 0 bridgehead atoms. The molecule has 0 unspecified atom stereocenters. The molecule has 2 aromatic rings. The zero-order valence-corrected chi connectivity index (χ0v) is 11.4. The summed E-state index contributed by atoms with van der Waals surface area (Å²) in [7, 11) is -1.42. The fraction of sp³-hybridized carbons (Fsp3) is 0.167. The van der Waals surface area contributed by atoms with Crippen LogP contribution in [0.25, 0.3) is 12.2 Å². The second kappa shape index (κ2) is 3.17. The van der Waals surface area contributed by atoms with Gasteiger partial charge >= 0.3 is 0 Å². The molecule has 2 aromatic heterocycles. The predicted octanol–water partition coefficient (Wildman–Crippen LogP) is 3.12. The van der Waals surface area contributed by atoms with Gasteiger partial charge in [0.05, 0.1) is 0 Å². The van der Waals surface area contributed by atoms with Gasteiger partial charge in [0.15, 0.2) is 0 Å². The van der Waals surface area contributed by atoms with Crippen molar-refractivity contribution in [1.29, 1.82) is 0 Å². The molecule has 0 nitrogen and oxygen atoms in total. The highest BCUT2D eigenvalue weighted by Gasteiger charge is 2.32. The molecule has 3 heteroatoms. The number of fused-ring (bicyclic) bond motifs is 2. The van der Waals surface area contributed by atoms with E-state index in [9.17, 15) is 0 Å². The van der Waals surface area contributed by atoms with E-state index in [-0.39, 0.29) is 0 Å². The lowest BCUT2D eigenvalue weighted by Crippen LogP contribution is -2.52. The number of hydrogen-bond donors (Lipinski definition) is 0. The molecule has 0 aromatic carbocycles. The zero-order chi connectivity index (χ0) is 10.5. The number of rotatable bonds is 0. The Morgan fingerprint density at radius 2 is 1.33 bits per heavy atom. The smallest absolute Gasteiger partial charge is 0.115 e. The van der Waals surface area contributed by atoms with Crippen LogP contribution in [0.2, 0.25) is 13.1 Å². The van der Waals surface area contributed by atoms with Gasteiger partial charge < -0.3 is 0 Å². The summed E-state index contributed by atoms with van der Waals surface area (Å²) in [6.45, 7) is 4.91. The van der Waals surface area contributed by atoms with Crippen molar-refractivity contribution < 1.29 is 0 Å². The Morgan fingerprint density at radius 3 is 1.80 bits per heavy atom. The first kappa shape index (κ1) is 9.57. The van der Waals surface area contributed by atoms with E-state index in [4.69, 9.17) is 0 Å². The standard InChI is InChI=1S/C12H12S2Si/c1-15(2)11-5-7-13-9(11)3-4-10-12(15)6-8-14-10/h3-8H,1-2H3. The van der Waals surface area contributed by atoms with E-state index in [1.165, 1.54) is 9.75 Å². The van der Waals surface area contributed by atoms with Gasteiger partial charge in [-0.1, -0.05) is 25.2 Å². The van der Waals surface area contributed by atoms with Gasteiger partial charge in [-0.15, -0.1) is 22.7 Å². The van der Waals surface area contributed by atoms with Crippen LogP contribution in [0.1, 0.15) is 9.75 Å². The molecule has 0 radical (unpaired) electrons. The molecular formula is C12H12S2Si. The normalized spacial score (nSPS) is 16.9. The SMILES string of the molecule is C[Si]1(C)c2ccsc2C=Cc2sccc21. The Morgan fingerprint density at radius 1 is 0.867 bits per heavy atom. The van der Waals surface area contributed by atoms with E-state index >= 15 is 0 Å². The monoisotopic (exact) mass is 248 g/mol. The van der Waals surface area contributed by atoms with E-state index in [2.05, 4.69) is 48.1 Å². The molecule has 1 aliphatic heterocycles. The van der Waals surface area contributed by atoms with Gasteiger partial charge in [0.25, 0.3) is 0 Å². The van der Waals surface area contributed by atoms with Gasteiger partial charge in [-0.25, -0.2) is 0 Å². The fourth-order valence-corrected chi connectivity index (χ4v) is 8.43. The minimum Gasteiger partial charge on any atom is -0.145 e. The molecule has 0 aliphatic carbocycles. The van der Waals surface area contributed by atoms with Gasteiger partial charge in [-0.3, -0.25) is 0 Å². The van der Waals surface area contributed by atoms with E-state index in [1.807, 2.05) is 22.7 Å². The van der Waals surface area contributed by atoms with Crippen LogP contribution in [0.5, 0.6) is 0 Å². The highest BCUT2D eigenvalue weighted by molar-refractivity contribution is 7.18. The van der Waals surface area contributed by atoms with Crippen LogP contribution >= 0.6 is 22.7 Å². The molecule has 3 heterocycles. The maximum atomic E-state index is 2.46. The van der Waals surface area contributed by atoms with Gasteiger partial charge in [-0.2, -0.15) is 0 Å². The topological polar surface area (TPSA) is 0 Å². The molecule has 1 aliphatic rings. The third kappa shape index (κ3) is 1.30. The molecule has 15 heavy (non-hydrogen) atoms. The lowest BCUT2D eigenvalue weighted by molar-refractivity contribution is 1.80. The van der Waals surface area contributed by atoms with E-state index in [0.29, 0.717) is 0 Å². The Kier molecular flexibility index (Phi) is 2.02. The van der Waals surface area contributed by atoms with Crippen molar-refractivity contribution in [1.82, 2.24) is 0 Å². The number of thiophene rings is 2. The quantitative estimate of drug-likeness (QED) is 0.629. The van der Waals surface area contributed by atoms with Crippen molar-refractivity contribution in [2.75, 3.05) is 0 Å². The zero-order valence-electron chi connectivity index (χ0n) is 8.78. The number of hydrogen-bond acceptors (Lipinski definition) is 2. The molecule has 0 amide bonds. The summed E-state index contributed by atoms with van der Waals surface area (Å²) in [6.07, 6.45) is 4.58. The summed E-state index contributed by atoms with van der Waals surface area (Å²) >= 11 is 3.74. The maximum absolute atomic E-state index is 2.46. The minimum absolute atomic E-state index is 1.42. The van der Waals surface area contributed by atoms with Gasteiger partial charge in [0.2, 0.25) is 0 Å². The van der Waals surface area contributed by atoms with E-state index in [1.54, 1.807) is 10.4 Å². The van der Waals surface area contributed by atoms with Gasteiger partial charge in [-0.05, 0) is 33.3 Å². The Bertz CT molecular complexity index is 485. The summed E-state index contributed by atoms with van der Waals surface area (Å²) in [4.78, 5) is 2.94.